The van der Waals surface area contributed by atoms with Crippen molar-refractivity contribution in [3.05, 3.63) is 72.3 Å². The Morgan fingerprint density at radius 1 is 0.829 bits per heavy atom. The average molecular weight is 492 g/mol. The Hall–Kier alpha value is -2.41. The Morgan fingerprint density at radius 3 is 2.49 bits per heavy atom. The number of nitrogens with zero attached hydrogens (tertiary/aromatic N) is 2. The molecule has 2 fully saturated rings. The maximum atomic E-state index is 13.2. The van der Waals surface area contributed by atoms with Crippen molar-refractivity contribution in [3.8, 4) is 0 Å². The largest absolute Gasteiger partial charge is 0.303 e. The molecule has 0 radical (unpaired) electrons. The van der Waals surface area contributed by atoms with Crippen molar-refractivity contribution >= 4 is 26.5 Å². The van der Waals surface area contributed by atoms with E-state index in [-0.39, 0.29) is 0 Å². The van der Waals surface area contributed by atoms with Gasteiger partial charge in [-0.25, -0.2) is 8.42 Å². The van der Waals surface area contributed by atoms with E-state index in [2.05, 4.69) is 20.6 Å². The van der Waals surface area contributed by atoms with Crippen LogP contribution in [0.1, 0.15) is 44.1 Å². The van der Waals surface area contributed by atoms with Crippen LogP contribution in [0.4, 0.5) is 5.69 Å². The molecule has 0 amide bonds. The highest BCUT2D eigenvalue weighted by Gasteiger charge is 2.23. The van der Waals surface area contributed by atoms with Gasteiger partial charge in [0.1, 0.15) is 0 Å². The SMILES string of the molecule is O=S(=O)(Nc1cccc(CCN2CCCCC2CCN2CCCC2)c1)c1cccc2ccccc12. The third-order valence-corrected chi connectivity index (χ3v) is 9.07. The summed E-state index contributed by atoms with van der Waals surface area (Å²) >= 11 is 0. The molecule has 6 heteroatoms. The molecule has 5 rings (SSSR count). The third-order valence-electron chi connectivity index (χ3n) is 7.63. The van der Waals surface area contributed by atoms with Gasteiger partial charge in [-0.15, -0.1) is 0 Å². The molecular weight excluding hydrogens is 454 g/mol. The number of fused-ring (bicyclic) bond motifs is 1. The molecule has 0 spiro atoms. The lowest BCUT2D eigenvalue weighted by Gasteiger charge is -2.36. The maximum Gasteiger partial charge on any atom is 0.262 e. The van der Waals surface area contributed by atoms with E-state index >= 15 is 0 Å². The fourth-order valence-electron chi connectivity index (χ4n) is 5.72. The molecule has 1 N–H and O–H groups in total. The quantitative estimate of drug-likeness (QED) is 0.428. The summed E-state index contributed by atoms with van der Waals surface area (Å²) in [6.07, 6.45) is 8.84. The van der Waals surface area contributed by atoms with Gasteiger partial charge < -0.3 is 9.80 Å². The molecule has 1 unspecified atom stereocenters. The second-order valence-corrected chi connectivity index (χ2v) is 11.7. The monoisotopic (exact) mass is 491 g/mol. The Morgan fingerprint density at radius 2 is 1.60 bits per heavy atom. The van der Waals surface area contributed by atoms with E-state index in [4.69, 9.17) is 0 Å². The smallest absolute Gasteiger partial charge is 0.262 e. The number of rotatable bonds is 9. The van der Waals surface area contributed by atoms with Crippen molar-refractivity contribution in [2.24, 2.45) is 0 Å². The number of benzene rings is 3. The van der Waals surface area contributed by atoms with Crippen LogP contribution in [0.25, 0.3) is 10.8 Å². The lowest BCUT2D eigenvalue weighted by atomic mass is 9.98. The van der Waals surface area contributed by atoms with Crippen LogP contribution in [0.3, 0.4) is 0 Å². The van der Waals surface area contributed by atoms with E-state index in [9.17, 15) is 8.42 Å². The normalized spacial score (nSPS) is 19.8. The summed E-state index contributed by atoms with van der Waals surface area (Å²) in [5.74, 6) is 0. The van der Waals surface area contributed by atoms with Gasteiger partial charge in [0.25, 0.3) is 10.0 Å². The molecule has 186 valence electrons. The predicted octanol–water partition coefficient (Wildman–Crippen LogP) is 5.52. The number of hydrogen-bond donors (Lipinski definition) is 1. The molecule has 0 saturated carbocycles. The first-order chi connectivity index (χ1) is 17.1. The minimum Gasteiger partial charge on any atom is -0.303 e. The van der Waals surface area contributed by atoms with Crippen LogP contribution in [0.15, 0.2) is 71.6 Å². The summed E-state index contributed by atoms with van der Waals surface area (Å²) in [5, 5.41) is 1.66. The van der Waals surface area contributed by atoms with Gasteiger partial charge in [0.15, 0.2) is 0 Å². The van der Waals surface area contributed by atoms with Crippen molar-refractivity contribution in [1.29, 1.82) is 0 Å². The van der Waals surface area contributed by atoms with Crippen molar-refractivity contribution < 1.29 is 8.42 Å². The minimum atomic E-state index is -3.68. The van der Waals surface area contributed by atoms with Gasteiger partial charge in [0.2, 0.25) is 0 Å². The molecule has 0 bridgehead atoms. The van der Waals surface area contributed by atoms with Crippen LogP contribution >= 0.6 is 0 Å². The zero-order chi connectivity index (χ0) is 24.1. The van der Waals surface area contributed by atoms with Crippen LogP contribution in [-0.4, -0.2) is 57.0 Å². The summed E-state index contributed by atoms with van der Waals surface area (Å²) in [7, 11) is -3.68. The molecule has 2 aliphatic rings. The number of likely N-dealkylation sites (tertiary alicyclic amines) is 2. The average Bonchev–Trinajstić information content (AvgIpc) is 3.40. The van der Waals surface area contributed by atoms with Gasteiger partial charge in [-0.2, -0.15) is 0 Å². The molecule has 2 aliphatic heterocycles. The molecule has 3 aromatic carbocycles. The predicted molar refractivity (Wildman–Crippen MR) is 144 cm³/mol. The van der Waals surface area contributed by atoms with E-state index in [1.54, 1.807) is 12.1 Å². The fourth-order valence-corrected chi connectivity index (χ4v) is 7.00. The minimum absolute atomic E-state index is 0.315. The summed E-state index contributed by atoms with van der Waals surface area (Å²) in [6, 6.07) is 21.6. The fraction of sp³-hybridized carbons (Fsp3) is 0.448. The van der Waals surface area contributed by atoms with Crippen molar-refractivity contribution in [3.63, 3.8) is 0 Å². The van der Waals surface area contributed by atoms with Crippen LogP contribution < -0.4 is 4.72 Å². The van der Waals surface area contributed by atoms with E-state index in [0.717, 1.165) is 23.7 Å². The van der Waals surface area contributed by atoms with Gasteiger partial charge in [-0.1, -0.05) is 55.0 Å². The Bertz CT molecular complexity index is 1230. The second-order valence-electron chi connectivity index (χ2n) is 10.1. The first-order valence-corrected chi connectivity index (χ1v) is 14.6. The van der Waals surface area contributed by atoms with E-state index in [1.807, 2.05) is 48.5 Å². The maximum absolute atomic E-state index is 13.2. The lowest BCUT2D eigenvalue weighted by Crippen LogP contribution is -2.42. The molecule has 0 aromatic heterocycles. The number of hydrogen-bond acceptors (Lipinski definition) is 4. The van der Waals surface area contributed by atoms with E-state index < -0.39 is 10.0 Å². The summed E-state index contributed by atoms with van der Waals surface area (Å²) in [6.45, 7) is 5.98. The molecule has 1 atom stereocenters. The number of piperidine rings is 1. The summed E-state index contributed by atoms with van der Waals surface area (Å²) < 4.78 is 29.3. The number of anilines is 1. The van der Waals surface area contributed by atoms with E-state index in [0.29, 0.717) is 16.6 Å². The Kier molecular flexibility index (Phi) is 7.71. The van der Waals surface area contributed by atoms with Crippen molar-refractivity contribution in [2.45, 2.75) is 55.9 Å². The molecule has 0 aliphatic carbocycles. The second kappa shape index (κ2) is 11.1. The highest BCUT2D eigenvalue weighted by molar-refractivity contribution is 7.93. The topological polar surface area (TPSA) is 52.7 Å². The highest BCUT2D eigenvalue weighted by Crippen LogP contribution is 2.26. The van der Waals surface area contributed by atoms with Crippen LogP contribution in [-0.2, 0) is 16.4 Å². The molecule has 5 nitrogen and oxygen atoms in total. The zero-order valence-electron chi connectivity index (χ0n) is 20.5. The van der Waals surface area contributed by atoms with E-state index in [1.165, 1.54) is 70.3 Å². The molecule has 2 heterocycles. The molecule has 2 saturated heterocycles. The number of sulfonamides is 1. The summed E-state index contributed by atoms with van der Waals surface area (Å²) in [5.41, 5.74) is 1.80. The van der Waals surface area contributed by atoms with Crippen LogP contribution in [0.2, 0.25) is 0 Å². The van der Waals surface area contributed by atoms with Gasteiger partial charge in [0, 0.05) is 23.7 Å². The Labute approximate surface area is 210 Å². The van der Waals surface area contributed by atoms with Crippen molar-refractivity contribution in [1.82, 2.24) is 9.80 Å². The molecular formula is C29H37N3O2S. The first kappa shape index (κ1) is 24.3. The standard InChI is InChI=1S/C29H37N3O2S/c33-35(34,29-15-8-11-25-10-1-2-14-28(25)29)30-26-12-7-9-24(23-26)16-22-32-20-4-3-13-27(32)17-21-31-18-5-6-19-31/h1-2,7-12,14-15,23,27,30H,3-6,13,16-22H2. The highest BCUT2D eigenvalue weighted by atomic mass is 32.2. The van der Waals surface area contributed by atoms with Crippen LogP contribution in [0, 0.1) is 0 Å². The van der Waals surface area contributed by atoms with Crippen molar-refractivity contribution in [2.75, 3.05) is 37.4 Å². The molecule has 35 heavy (non-hydrogen) atoms. The van der Waals surface area contributed by atoms with Gasteiger partial charge in [-0.05, 0) is 93.9 Å². The van der Waals surface area contributed by atoms with Gasteiger partial charge in [-0.3, -0.25) is 4.72 Å². The number of nitrogens with one attached hydrogen (secondary N) is 1. The van der Waals surface area contributed by atoms with Crippen LogP contribution in [0.5, 0.6) is 0 Å². The third kappa shape index (κ3) is 6.05. The first-order valence-electron chi connectivity index (χ1n) is 13.1. The lowest BCUT2D eigenvalue weighted by molar-refractivity contribution is 0.130. The zero-order valence-corrected chi connectivity index (χ0v) is 21.3. The molecule has 3 aromatic rings. The van der Waals surface area contributed by atoms with Gasteiger partial charge in [0.05, 0.1) is 4.90 Å². The van der Waals surface area contributed by atoms with Gasteiger partial charge >= 0.3 is 0 Å². The summed E-state index contributed by atoms with van der Waals surface area (Å²) in [4.78, 5) is 5.61. The Balaban J connectivity index is 1.23.